The first-order valence-electron chi connectivity index (χ1n) is 18.1. The standard InChI is InChI=1S/C45H53N4O.4BrH.2Ni/c1-12-48(42-18-14-16-20-46-42)44-36(28(3)4)22-33(23-37(44)29(5)6)40-26-35(50)27-41(32(40)11)34-24-38(30(7)8)45(39(25-34)31(9)10)49(13-2)43-19-15-17-21-47-43;;;;;;/h12-31H,1-11H3;4*1H;;/q+1;;;;;;/p-3. The van der Waals surface area contributed by atoms with E-state index >= 15 is 0 Å². The fourth-order valence-electron chi connectivity index (χ4n) is 7.03. The second-order valence-corrected chi connectivity index (χ2v) is 14.4. The van der Waals surface area contributed by atoms with Gasteiger partial charge in [-0.2, -0.15) is 0 Å². The largest absolute Gasteiger partial charge is 1.00 e. The molecular formula is C45H54Br4N4Ni2O-2. The number of halogens is 4. The Bertz CT molecular complexity index is 1870. The van der Waals surface area contributed by atoms with Crippen LogP contribution < -0.4 is 77.1 Å². The van der Waals surface area contributed by atoms with Gasteiger partial charge in [0.1, 0.15) is 29.5 Å². The number of hydrogen-bond acceptors (Lipinski definition) is 3. The van der Waals surface area contributed by atoms with Gasteiger partial charge in [0.25, 0.3) is 0 Å². The number of aromatic hydroxyl groups is 1. The van der Waals surface area contributed by atoms with Crippen molar-refractivity contribution in [3.8, 4) is 28.0 Å². The summed E-state index contributed by atoms with van der Waals surface area (Å²) in [5.41, 5.74) is 12.8. The number of nitrogens with zero attached hydrogens (tertiary/aromatic N) is 4. The predicted molar refractivity (Wildman–Crippen MR) is 215 cm³/mol. The average Bonchev–Trinajstić information content (AvgIpc) is 3.10. The van der Waals surface area contributed by atoms with E-state index in [0.29, 0.717) is 0 Å². The molecule has 0 atom stereocenters. The van der Waals surface area contributed by atoms with Crippen LogP contribution >= 0.6 is 0 Å². The molecule has 0 aliphatic heterocycles. The first kappa shape index (κ1) is 56.1. The second-order valence-electron chi connectivity index (χ2n) is 14.4. The molecule has 0 spiro atoms. The van der Waals surface area contributed by atoms with Gasteiger partial charge in [-0.1, -0.05) is 67.5 Å². The summed E-state index contributed by atoms with van der Waals surface area (Å²) < 4.78 is 4.44. The molecule has 0 saturated heterocycles. The van der Waals surface area contributed by atoms with Crippen LogP contribution in [0.2, 0.25) is 0 Å². The zero-order chi connectivity index (χ0) is 36.3. The fraction of sp³-hybridized carbons (Fsp3) is 0.333. The van der Waals surface area contributed by atoms with Crippen molar-refractivity contribution in [2.75, 3.05) is 0 Å². The molecule has 0 aliphatic carbocycles. The Morgan fingerprint density at radius 1 is 0.518 bits per heavy atom. The molecule has 2 aromatic heterocycles. The number of benzene rings is 3. The maximum atomic E-state index is 11.4. The summed E-state index contributed by atoms with van der Waals surface area (Å²) in [4.78, 5) is 9.42. The minimum absolute atomic E-state index is 0. The Morgan fingerprint density at radius 3 is 1.05 bits per heavy atom. The van der Waals surface area contributed by atoms with Gasteiger partial charge < -0.3 is 73.0 Å². The summed E-state index contributed by atoms with van der Waals surface area (Å²) in [7, 11) is 0. The van der Waals surface area contributed by atoms with Crippen molar-refractivity contribution in [2.45, 2.75) is 99.8 Å². The van der Waals surface area contributed by atoms with Gasteiger partial charge in [-0.3, -0.25) is 0 Å². The first-order valence-corrected chi connectivity index (χ1v) is 18.1. The molecule has 0 aliphatic rings. The Labute approximate surface area is 397 Å². The molecule has 310 valence electrons. The minimum atomic E-state index is 0. The van der Waals surface area contributed by atoms with Crippen molar-refractivity contribution in [1.82, 2.24) is 19.1 Å². The van der Waals surface area contributed by atoms with Crippen molar-refractivity contribution in [3.05, 3.63) is 113 Å². The molecule has 2 heterocycles. The van der Waals surface area contributed by atoms with Gasteiger partial charge in [-0.25, -0.2) is 9.15 Å². The summed E-state index contributed by atoms with van der Waals surface area (Å²) in [6.45, 7) is 24.4. The van der Waals surface area contributed by atoms with Crippen LogP contribution in [0.3, 0.4) is 0 Å². The molecule has 56 heavy (non-hydrogen) atoms. The first-order chi connectivity index (χ1) is 23.9. The van der Waals surface area contributed by atoms with Crippen LogP contribution in [0, 0.1) is 6.92 Å². The van der Waals surface area contributed by atoms with Crippen molar-refractivity contribution in [2.24, 2.45) is 0 Å². The monoisotopic (exact) mass is 1100 g/mol. The van der Waals surface area contributed by atoms with Crippen LogP contribution in [-0.2, 0) is 33.0 Å². The Kier molecular flexibility index (Phi) is 24.9. The minimum Gasteiger partial charge on any atom is -1.00 e. The maximum absolute atomic E-state index is 11.4. The summed E-state index contributed by atoms with van der Waals surface area (Å²) in [5.74, 6) is 3.11. The summed E-state index contributed by atoms with van der Waals surface area (Å²) >= 11 is 0. The molecular weight excluding hydrogens is 1050 g/mol. The maximum Gasteiger partial charge on any atom is 0.327 e. The van der Waals surface area contributed by atoms with Crippen LogP contribution in [0.1, 0.15) is 121 Å². The van der Waals surface area contributed by atoms with Gasteiger partial charge in [0.2, 0.25) is 0 Å². The van der Waals surface area contributed by atoms with E-state index in [0.717, 1.165) is 39.5 Å². The van der Waals surface area contributed by atoms with Crippen LogP contribution in [0.25, 0.3) is 22.3 Å². The summed E-state index contributed by atoms with van der Waals surface area (Å²) in [6.07, 6.45) is 7.92. The zero-order valence-electron chi connectivity index (χ0n) is 33.9. The molecule has 0 saturated carbocycles. The second kappa shape index (κ2) is 24.8. The third-order valence-electron chi connectivity index (χ3n) is 9.63. The van der Waals surface area contributed by atoms with E-state index in [4.69, 9.17) is 9.97 Å². The number of rotatable bonds is 10. The number of hydrogen-bond donors (Lipinski definition) is 1. The van der Waals surface area contributed by atoms with Gasteiger partial charge >= 0.3 is 11.6 Å². The van der Waals surface area contributed by atoms with E-state index < -0.39 is 0 Å². The molecule has 1 N–H and O–H groups in total. The van der Waals surface area contributed by atoms with E-state index in [-0.39, 0.29) is 130 Å². The fourth-order valence-corrected chi connectivity index (χ4v) is 7.03. The topological polar surface area (TPSA) is 52.0 Å². The van der Waals surface area contributed by atoms with Gasteiger partial charge in [-0.05, 0) is 131 Å². The molecule has 3 aromatic carbocycles. The van der Waals surface area contributed by atoms with Crippen molar-refractivity contribution in [3.63, 3.8) is 0 Å². The molecule has 0 bridgehead atoms. The molecule has 5 aromatic rings. The Morgan fingerprint density at radius 2 is 0.821 bits per heavy atom. The van der Waals surface area contributed by atoms with Crippen molar-refractivity contribution >= 4 is 35.4 Å². The van der Waals surface area contributed by atoms with Crippen molar-refractivity contribution < 1.29 is 106 Å². The van der Waals surface area contributed by atoms with E-state index in [9.17, 15) is 5.11 Å². The van der Waals surface area contributed by atoms with E-state index in [2.05, 4.69) is 134 Å². The predicted octanol–water partition coefficient (Wildman–Crippen LogP) is 0.180. The van der Waals surface area contributed by atoms with Gasteiger partial charge in [0, 0.05) is 67.4 Å². The quantitative estimate of drug-likeness (QED) is 0.124. The average molecular weight is 1100 g/mol. The SMILES string of the molecule is CC=[N+](c1ccccn1)c1c(C(C)C)cc(-c2cc(O)cc(-c3cc(C(C)C)c([N+](=CC)c4ccccn4)c(C(C)C)c3)c2C)cc1C(C)C.[Br-].[Br-].[Br-].[Br-].[Ni].[Ni]. The van der Waals surface area contributed by atoms with Gasteiger partial charge in [-0.15, -0.1) is 0 Å². The molecule has 0 unspecified atom stereocenters. The summed E-state index contributed by atoms with van der Waals surface area (Å²) in [6, 6.07) is 25.2. The Balaban J connectivity index is 0. The molecule has 0 amide bonds. The Hall–Kier alpha value is -1.99. The van der Waals surface area contributed by atoms with Gasteiger partial charge in [0.05, 0.1) is 12.4 Å². The zero-order valence-corrected chi connectivity index (χ0v) is 42.2. The molecule has 11 heteroatoms. The third-order valence-corrected chi connectivity index (χ3v) is 9.63. The molecule has 0 fully saturated rings. The summed E-state index contributed by atoms with van der Waals surface area (Å²) in [5, 5.41) is 11.4. The molecule has 5 rings (SSSR count). The van der Waals surface area contributed by atoms with Crippen molar-refractivity contribution in [1.29, 1.82) is 0 Å². The molecule has 5 nitrogen and oxygen atoms in total. The van der Waals surface area contributed by atoms with Crippen LogP contribution in [0.15, 0.2) is 85.2 Å². The van der Waals surface area contributed by atoms with Crippen LogP contribution in [0.5, 0.6) is 5.75 Å². The van der Waals surface area contributed by atoms with E-state index in [1.165, 1.54) is 33.6 Å². The van der Waals surface area contributed by atoms with Crippen LogP contribution in [0.4, 0.5) is 23.0 Å². The normalized spacial score (nSPS) is 11.2. The smallest absolute Gasteiger partial charge is 0.327 e. The van der Waals surface area contributed by atoms with E-state index in [1.54, 1.807) is 0 Å². The van der Waals surface area contributed by atoms with E-state index in [1.807, 2.05) is 48.8 Å². The molecule has 0 radical (unpaired) electrons. The number of aromatic nitrogens is 2. The number of phenols is 1. The van der Waals surface area contributed by atoms with Crippen LogP contribution in [-0.4, -0.2) is 27.5 Å². The van der Waals surface area contributed by atoms with Gasteiger partial charge in [0.15, 0.2) is 0 Å². The number of phenolic OH excluding ortho intramolecular Hbond substituents is 1. The number of pyridine rings is 2. The third kappa shape index (κ3) is 12.0.